The zero-order valence-electron chi connectivity index (χ0n) is 13.1. The third kappa shape index (κ3) is 4.58. The number of benzene rings is 1. The summed E-state index contributed by atoms with van der Waals surface area (Å²) in [4.78, 5) is 0.331. The molecular formula is C15H26N2O2S. The first-order valence-electron chi connectivity index (χ1n) is 7.00. The molecule has 0 aliphatic rings. The minimum Gasteiger partial charge on any atom is -0.316 e. The molecule has 0 aliphatic carbocycles. The number of rotatable bonds is 7. The second kappa shape index (κ2) is 6.70. The van der Waals surface area contributed by atoms with Gasteiger partial charge in [-0.15, -0.1) is 0 Å². The van der Waals surface area contributed by atoms with E-state index in [2.05, 4.69) is 10.0 Å². The number of nitrogens with one attached hydrogen (secondary N) is 2. The van der Waals surface area contributed by atoms with Crippen molar-refractivity contribution in [3.63, 3.8) is 0 Å². The quantitative estimate of drug-likeness (QED) is 0.813. The first-order valence-corrected chi connectivity index (χ1v) is 8.48. The highest BCUT2D eigenvalue weighted by atomic mass is 32.2. The maximum absolute atomic E-state index is 12.5. The van der Waals surface area contributed by atoms with E-state index in [-0.39, 0.29) is 0 Å². The number of hydrogen-bond donors (Lipinski definition) is 2. The van der Waals surface area contributed by atoms with Gasteiger partial charge in [0.1, 0.15) is 0 Å². The average Bonchev–Trinajstić information content (AvgIpc) is 2.30. The molecule has 5 heteroatoms. The van der Waals surface area contributed by atoms with Crippen molar-refractivity contribution >= 4 is 10.0 Å². The van der Waals surface area contributed by atoms with Crippen LogP contribution in [0.4, 0.5) is 0 Å². The molecule has 0 fully saturated rings. The Morgan fingerprint density at radius 2 is 1.90 bits per heavy atom. The molecule has 1 aromatic carbocycles. The lowest BCUT2D eigenvalue weighted by molar-refractivity contribution is 0.417. The molecule has 2 N–H and O–H groups in total. The van der Waals surface area contributed by atoms with E-state index in [0.29, 0.717) is 11.4 Å². The van der Waals surface area contributed by atoms with E-state index in [1.165, 1.54) is 0 Å². The number of aryl methyl sites for hydroxylation is 1. The molecule has 0 bridgehead atoms. The molecule has 0 aliphatic heterocycles. The average molecular weight is 298 g/mol. The summed E-state index contributed by atoms with van der Waals surface area (Å²) in [6, 6.07) is 5.27. The molecule has 0 atom stereocenters. The van der Waals surface area contributed by atoms with E-state index in [9.17, 15) is 8.42 Å². The van der Waals surface area contributed by atoms with Gasteiger partial charge in [-0.3, -0.25) is 0 Å². The summed E-state index contributed by atoms with van der Waals surface area (Å²) in [5.74, 6) is 0. The van der Waals surface area contributed by atoms with Crippen LogP contribution in [0.5, 0.6) is 0 Å². The second-order valence-electron chi connectivity index (χ2n) is 5.86. The molecule has 0 spiro atoms. The third-order valence-electron chi connectivity index (χ3n) is 3.28. The first-order chi connectivity index (χ1) is 9.22. The van der Waals surface area contributed by atoms with Crippen LogP contribution in [-0.2, 0) is 16.6 Å². The highest BCUT2D eigenvalue weighted by Crippen LogP contribution is 2.19. The van der Waals surface area contributed by atoms with Gasteiger partial charge in [0.05, 0.1) is 4.90 Å². The fraction of sp³-hybridized carbons (Fsp3) is 0.600. The standard InChI is InChI=1S/C15H26N2O2S/c1-6-9-15(3,4)17-20(18,19)14-8-7-12(2)13(10-14)11-16-5/h7-8,10,16-17H,6,9,11H2,1-5H3. The van der Waals surface area contributed by atoms with Gasteiger partial charge in [0.15, 0.2) is 0 Å². The predicted octanol–water partition coefficient (Wildman–Crippen LogP) is 2.57. The summed E-state index contributed by atoms with van der Waals surface area (Å²) in [6.07, 6.45) is 1.75. The largest absolute Gasteiger partial charge is 0.316 e. The van der Waals surface area contributed by atoms with Crippen molar-refractivity contribution in [1.82, 2.24) is 10.0 Å². The van der Waals surface area contributed by atoms with Crippen LogP contribution in [0.3, 0.4) is 0 Å². The second-order valence-corrected chi connectivity index (χ2v) is 7.54. The zero-order valence-corrected chi connectivity index (χ0v) is 13.9. The van der Waals surface area contributed by atoms with E-state index in [4.69, 9.17) is 0 Å². The predicted molar refractivity (Wildman–Crippen MR) is 83.3 cm³/mol. The molecule has 0 saturated carbocycles. The van der Waals surface area contributed by atoms with Crippen molar-refractivity contribution in [2.75, 3.05) is 7.05 Å². The lowest BCUT2D eigenvalue weighted by Crippen LogP contribution is -2.43. The lowest BCUT2D eigenvalue weighted by Gasteiger charge is -2.25. The van der Waals surface area contributed by atoms with E-state index < -0.39 is 15.6 Å². The van der Waals surface area contributed by atoms with Crippen molar-refractivity contribution in [2.24, 2.45) is 0 Å². The maximum atomic E-state index is 12.5. The van der Waals surface area contributed by atoms with E-state index in [1.807, 2.05) is 40.8 Å². The zero-order chi connectivity index (χ0) is 15.4. The third-order valence-corrected chi connectivity index (χ3v) is 4.98. The van der Waals surface area contributed by atoms with Crippen LogP contribution in [0.15, 0.2) is 23.1 Å². The van der Waals surface area contributed by atoms with E-state index in [0.717, 1.165) is 24.0 Å². The maximum Gasteiger partial charge on any atom is 0.241 e. The van der Waals surface area contributed by atoms with Crippen LogP contribution in [0.25, 0.3) is 0 Å². The van der Waals surface area contributed by atoms with Crippen LogP contribution in [0.1, 0.15) is 44.7 Å². The summed E-state index contributed by atoms with van der Waals surface area (Å²) >= 11 is 0. The Morgan fingerprint density at radius 3 is 2.45 bits per heavy atom. The van der Waals surface area contributed by atoms with Gasteiger partial charge >= 0.3 is 0 Å². The summed E-state index contributed by atoms with van der Waals surface area (Å²) in [7, 11) is -1.63. The summed E-state index contributed by atoms with van der Waals surface area (Å²) in [6.45, 7) is 8.52. The molecular weight excluding hydrogens is 272 g/mol. The van der Waals surface area contributed by atoms with Crippen molar-refractivity contribution in [3.8, 4) is 0 Å². The molecule has 114 valence electrons. The summed E-state index contributed by atoms with van der Waals surface area (Å²) in [5.41, 5.74) is 1.66. The lowest BCUT2D eigenvalue weighted by atomic mass is 10.0. The van der Waals surface area contributed by atoms with Gasteiger partial charge < -0.3 is 5.32 Å². The summed E-state index contributed by atoms with van der Waals surface area (Å²) < 4.78 is 27.7. The molecule has 0 unspecified atom stereocenters. The fourth-order valence-corrected chi connectivity index (χ4v) is 3.79. The first kappa shape index (κ1) is 17.1. The van der Waals surface area contributed by atoms with Gasteiger partial charge in [0.25, 0.3) is 0 Å². The van der Waals surface area contributed by atoms with Gasteiger partial charge in [0.2, 0.25) is 10.0 Å². The minimum atomic E-state index is -3.48. The van der Waals surface area contributed by atoms with E-state index in [1.54, 1.807) is 12.1 Å². The molecule has 20 heavy (non-hydrogen) atoms. The van der Waals surface area contributed by atoms with Crippen LogP contribution in [0.2, 0.25) is 0 Å². The van der Waals surface area contributed by atoms with Crippen molar-refractivity contribution < 1.29 is 8.42 Å². The van der Waals surface area contributed by atoms with Crippen LogP contribution in [-0.4, -0.2) is 21.0 Å². The topological polar surface area (TPSA) is 58.2 Å². The number of hydrogen-bond acceptors (Lipinski definition) is 3. The Labute approximate surface area is 123 Å². The van der Waals surface area contributed by atoms with Gasteiger partial charge in [-0.25, -0.2) is 13.1 Å². The molecule has 4 nitrogen and oxygen atoms in total. The molecule has 0 saturated heterocycles. The SMILES string of the molecule is CCCC(C)(C)NS(=O)(=O)c1ccc(C)c(CNC)c1. The molecule has 0 heterocycles. The fourth-order valence-electron chi connectivity index (χ4n) is 2.29. The molecule has 0 amide bonds. The summed E-state index contributed by atoms with van der Waals surface area (Å²) in [5, 5.41) is 3.06. The van der Waals surface area contributed by atoms with Crippen molar-refractivity contribution in [2.45, 2.75) is 57.5 Å². The van der Waals surface area contributed by atoms with E-state index >= 15 is 0 Å². The van der Waals surface area contributed by atoms with Gasteiger partial charge in [-0.1, -0.05) is 19.4 Å². The number of sulfonamides is 1. The Balaban J connectivity index is 3.07. The molecule has 1 rings (SSSR count). The monoisotopic (exact) mass is 298 g/mol. The molecule has 0 aromatic heterocycles. The Bertz CT molecular complexity index is 551. The van der Waals surface area contributed by atoms with Crippen LogP contribution < -0.4 is 10.0 Å². The van der Waals surface area contributed by atoms with Gasteiger partial charge in [0, 0.05) is 12.1 Å². The molecule has 1 aromatic rings. The molecule has 0 radical (unpaired) electrons. The minimum absolute atomic E-state index is 0.331. The van der Waals surface area contributed by atoms with Crippen molar-refractivity contribution in [3.05, 3.63) is 29.3 Å². The van der Waals surface area contributed by atoms with Crippen molar-refractivity contribution in [1.29, 1.82) is 0 Å². The highest BCUT2D eigenvalue weighted by molar-refractivity contribution is 7.89. The Hall–Kier alpha value is -0.910. The highest BCUT2D eigenvalue weighted by Gasteiger charge is 2.25. The Morgan fingerprint density at radius 1 is 1.25 bits per heavy atom. The van der Waals surface area contributed by atoms with Gasteiger partial charge in [-0.2, -0.15) is 0 Å². The van der Waals surface area contributed by atoms with Crippen LogP contribution in [0, 0.1) is 6.92 Å². The van der Waals surface area contributed by atoms with Gasteiger partial charge in [-0.05, 0) is 57.5 Å². The van der Waals surface area contributed by atoms with Crippen LogP contribution >= 0.6 is 0 Å². The normalized spacial score (nSPS) is 12.7. The smallest absolute Gasteiger partial charge is 0.241 e. The Kier molecular flexibility index (Phi) is 5.74.